The molecule has 0 saturated carbocycles. The third kappa shape index (κ3) is 2.44. The number of anilines is 2. The molecule has 23 heavy (non-hydrogen) atoms. The first kappa shape index (κ1) is 13.8. The quantitative estimate of drug-likeness (QED) is 0.746. The Bertz CT molecular complexity index is 848. The highest BCUT2D eigenvalue weighted by molar-refractivity contribution is 6.01. The second-order valence-corrected chi connectivity index (χ2v) is 5.68. The highest BCUT2D eigenvalue weighted by atomic mass is 16.1. The van der Waals surface area contributed by atoms with Gasteiger partial charge in [0, 0.05) is 43.9 Å². The Kier molecular flexibility index (Phi) is 3.25. The number of allylic oxidation sites excluding steroid dienone is 2. The van der Waals surface area contributed by atoms with Crippen molar-refractivity contribution in [2.75, 3.05) is 24.2 Å². The second kappa shape index (κ2) is 5.42. The molecule has 7 nitrogen and oxygen atoms in total. The summed E-state index contributed by atoms with van der Waals surface area (Å²) in [5.41, 5.74) is 3.33. The van der Waals surface area contributed by atoms with Gasteiger partial charge in [-0.05, 0) is 12.5 Å². The maximum Gasteiger partial charge on any atom is 0.170 e. The van der Waals surface area contributed by atoms with Gasteiger partial charge in [0.2, 0.25) is 0 Å². The van der Waals surface area contributed by atoms with Gasteiger partial charge in [0.15, 0.2) is 11.4 Å². The topological polar surface area (TPSA) is 83.3 Å². The molecule has 2 aromatic heterocycles. The van der Waals surface area contributed by atoms with E-state index in [0.717, 1.165) is 36.6 Å². The van der Waals surface area contributed by atoms with Crippen molar-refractivity contribution in [2.24, 2.45) is 0 Å². The Morgan fingerprint density at radius 2 is 2.30 bits per heavy atom. The third-order valence-electron chi connectivity index (χ3n) is 4.11. The minimum Gasteiger partial charge on any atom is -0.388 e. The molecule has 2 aliphatic rings. The number of Topliss-reactive ketones (excluding diaryl/α,β-unsaturated/α-hetero) is 1. The van der Waals surface area contributed by atoms with Gasteiger partial charge in [-0.3, -0.25) is 4.79 Å². The van der Waals surface area contributed by atoms with Gasteiger partial charge in [-0.2, -0.15) is 9.61 Å². The molecular formula is C16H18N6O. The SMILES string of the molecule is CNc1cc2nc3c(cnn13)C(=O)CCCNC1=CC(=CC1)N2. The van der Waals surface area contributed by atoms with Gasteiger partial charge >= 0.3 is 0 Å². The van der Waals surface area contributed by atoms with Crippen molar-refractivity contribution in [1.29, 1.82) is 0 Å². The molecule has 2 aromatic rings. The number of hydrogen-bond donors (Lipinski definition) is 3. The smallest absolute Gasteiger partial charge is 0.170 e. The van der Waals surface area contributed by atoms with E-state index in [-0.39, 0.29) is 5.78 Å². The Morgan fingerprint density at radius 1 is 1.39 bits per heavy atom. The lowest BCUT2D eigenvalue weighted by Gasteiger charge is -2.09. The predicted molar refractivity (Wildman–Crippen MR) is 88.5 cm³/mol. The van der Waals surface area contributed by atoms with Crippen LogP contribution in [0.3, 0.4) is 0 Å². The number of nitrogens with zero attached hydrogens (tertiary/aromatic N) is 3. The summed E-state index contributed by atoms with van der Waals surface area (Å²) in [5.74, 6) is 1.55. The van der Waals surface area contributed by atoms with E-state index in [1.807, 2.05) is 13.1 Å². The molecular weight excluding hydrogens is 292 g/mol. The molecule has 118 valence electrons. The van der Waals surface area contributed by atoms with Gasteiger partial charge in [-0.1, -0.05) is 6.08 Å². The zero-order valence-electron chi connectivity index (χ0n) is 12.9. The van der Waals surface area contributed by atoms with Crippen molar-refractivity contribution in [3.05, 3.63) is 41.4 Å². The van der Waals surface area contributed by atoms with Crippen LogP contribution in [0.2, 0.25) is 0 Å². The standard InChI is InChI=1S/C16H18N6O/c1-17-15-8-14-20-11-5-4-10(7-11)18-6-2-3-13(23)12-9-19-22(15)16(12)21-14/h5,7-9,17-18H,2-4,6H2,1H3,(H,20,21). The van der Waals surface area contributed by atoms with Crippen LogP contribution in [0.5, 0.6) is 0 Å². The fraction of sp³-hybridized carbons (Fsp3) is 0.312. The molecule has 0 unspecified atom stereocenters. The van der Waals surface area contributed by atoms with Crippen LogP contribution < -0.4 is 16.0 Å². The summed E-state index contributed by atoms with van der Waals surface area (Å²) in [7, 11) is 1.83. The Labute approximate surface area is 133 Å². The van der Waals surface area contributed by atoms with Crippen molar-refractivity contribution < 1.29 is 4.79 Å². The summed E-state index contributed by atoms with van der Waals surface area (Å²) in [4.78, 5) is 17.1. The van der Waals surface area contributed by atoms with E-state index in [4.69, 9.17) is 0 Å². The molecule has 4 bridgehead atoms. The summed E-state index contributed by atoms with van der Waals surface area (Å²) >= 11 is 0. The van der Waals surface area contributed by atoms with Crippen LogP contribution in [0.15, 0.2) is 35.8 Å². The van der Waals surface area contributed by atoms with Gasteiger partial charge < -0.3 is 16.0 Å². The lowest BCUT2D eigenvalue weighted by molar-refractivity contribution is 0.0981. The van der Waals surface area contributed by atoms with Crippen LogP contribution in [0.1, 0.15) is 29.6 Å². The number of ketones is 1. The first-order chi connectivity index (χ1) is 11.2. The third-order valence-corrected chi connectivity index (χ3v) is 4.11. The average molecular weight is 310 g/mol. The summed E-state index contributed by atoms with van der Waals surface area (Å²) in [6.45, 7) is 0.788. The molecule has 3 heterocycles. The summed E-state index contributed by atoms with van der Waals surface area (Å²) in [6.07, 6.45) is 7.96. The number of fused-ring (bicyclic) bond motifs is 2. The fourth-order valence-corrected chi connectivity index (χ4v) is 2.92. The van der Waals surface area contributed by atoms with Crippen LogP contribution in [0.4, 0.5) is 11.6 Å². The average Bonchev–Trinajstić information content (AvgIpc) is 3.17. The lowest BCUT2D eigenvalue weighted by Crippen LogP contribution is -2.14. The highest BCUT2D eigenvalue weighted by Gasteiger charge is 2.18. The molecule has 0 atom stereocenters. The monoisotopic (exact) mass is 310 g/mol. The van der Waals surface area contributed by atoms with E-state index in [1.165, 1.54) is 0 Å². The molecule has 1 aliphatic carbocycles. The molecule has 0 fully saturated rings. The largest absolute Gasteiger partial charge is 0.388 e. The van der Waals surface area contributed by atoms with E-state index >= 15 is 0 Å². The molecule has 0 saturated heterocycles. The number of hydrogen-bond acceptors (Lipinski definition) is 6. The first-order valence-corrected chi connectivity index (χ1v) is 7.76. The van der Waals surface area contributed by atoms with Crippen LogP contribution >= 0.6 is 0 Å². The van der Waals surface area contributed by atoms with Gasteiger partial charge in [0.25, 0.3) is 0 Å². The molecule has 0 radical (unpaired) electrons. The van der Waals surface area contributed by atoms with E-state index in [1.54, 1.807) is 10.7 Å². The predicted octanol–water partition coefficient (Wildman–Crippen LogP) is 1.92. The van der Waals surface area contributed by atoms with Crippen LogP contribution in [0.25, 0.3) is 5.65 Å². The van der Waals surface area contributed by atoms with E-state index in [2.05, 4.69) is 38.2 Å². The summed E-state index contributed by atoms with van der Waals surface area (Å²) in [6, 6.07) is 1.88. The highest BCUT2D eigenvalue weighted by Crippen LogP contribution is 2.23. The summed E-state index contributed by atoms with van der Waals surface area (Å²) in [5, 5.41) is 14.1. The second-order valence-electron chi connectivity index (χ2n) is 5.68. The van der Waals surface area contributed by atoms with Gasteiger partial charge in [0.1, 0.15) is 11.6 Å². The normalized spacial score (nSPS) is 17.5. The number of carbonyl (C=O) groups excluding carboxylic acids is 1. The number of carbonyl (C=O) groups is 1. The first-order valence-electron chi connectivity index (χ1n) is 7.76. The molecule has 7 heteroatoms. The molecule has 3 N–H and O–H groups in total. The van der Waals surface area contributed by atoms with Gasteiger partial charge in [0.05, 0.1) is 11.8 Å². The number of rotatable bonds is 1. The Hall–Kier alpha value is -2.83. The minimum absolute atomic E-state index is 0.0751. The Balaban J connectivity index is 1.85. The summed E-state index contributed by atoms with van der Waals surface area (Å²) < 4.78 is 1.67. The van der Waals surface area contributed by atoms with Gasteiger partial charge in [-0.25, -0.2) is 4.98 Å². The van der Waals surface area contributed by atoms with Crippen LogP contribution in [-0.2, 0) is 0 Å². The van der Waals surface area contributed by atoms with E-state index in [9.17, 15) is 4.79 Å². The Morgan fingerprint density at radius 3 is 3.17 bits per heavy atom. The van der Waals surface area contributed by atoms with Crippen LogP contribution in [0, 0.1) is 0 Å². The zero-order valence-corrected chi connectivity index (χ0v) is 12.9. The van der Waals surface area contributed by atoms with Crippen molar-refractivity contribution in [3.63, 3.8) is 0 Å². The maximum absolute atomic E-state index is 12.5. The number of nitrogens with one attached hydrogen (secondary N) is 3. The van der Waals surface area contributed by atoms with E-state index < -0.39 is 0 Å². The molecule has 4 rings (SSSR count). The van der Waals surface area contributed by atoms with Crippen LogP contribution in [-0.4, -0.2) is 34.0 Å². The van der Waals surface area contributed by atoms with E-state index in [0.29, 0.717) is 23.4 Å². The zero-order chi connectivity index (χ0) is 15.8. The maximum atomic E-state index is 12.5. The van der Waals surface area contributed by atoms with Crippen molar-refractivity contribution in [3.8, 4) is 0 Å². The van der Waals surface area contributed by atoms with Crippen molar-refractivity contribution in [2.45, 2.75) is 19.3 Å². The molecule has 0 spiro atoms. The van der Waals surface area contributed by atoms with Crippen molar-refractivity contribution >= 4 is 23.1 Å². The fourth-order valence-electron chi connectivity index (χ4n) is 2.92. The molecule has 0 aromatic carbocycles. The van der Waals surface area contributed by atoms with Gasteiger partial charge in [-0.15, -0.1) is 0 Å². The molecule has 0 amide bonds. The number of aromatic nitrogens is 3. The molecule has 1 aliphatic heterocycles. The van der Waals surface area contributed by atoms with Crippen molar-refractivity contribution in [1.82, 2.24) is 19.9 Å². The lowest BCUT2D eigenvalue weighted by atomic mass is 10.1. The minimum atomic E-state index is 0.0751.